The highest BCUT2D eigenvalue weighted by atomic mass is 16.5. The number of carbonyl (C=O) groups excluding carboxylic acids is 2. The molecule has 1 aliphatic heterocycles. The van der Waals surface area contributed by atoms with Crippen LogP contribution in [0.4, 0.5) is 5.82 Å². The molecule has 1 aromatic heterocycles. The molecule has 0 saturated carbocycles. The van der Waals surface area contributed by atoms with Gasteiger partial charge in [0.15, 0.2) is 11.5 Å². The van der Waals surface area contributed by atoms with E-state index in [1.165, 1.54) is 6.20 Å². The molecule has 130 valence electrons. The van der Waals surface area contributed by atoms with E-state index in [4.69, 9.17) is 14.2 Å². The summed E-state index contributed by atoms with van der Waals surface area (Å²) in [5.41, 5.74) is 0.580. The number of ether oxygens (including phenoxy) is 3. The largest absolute Gasteiger partial charge is 0.490 e. The Kier molecular flexibility index (Phi) is 5.13. The van der Waals surface area contributed by atoms with Gasteiger partial charge in [-0.3, -0.25) is 4.79 Å². The van der Waals surface area contributed by atoms with Crippen LogP contribution in [-0.4, -0.2) is 36.7 Å². The highest BCUT2D eigenvalue weighted by Crippen LogP contribution is 2.30. The first kappa shape index (κ1) is 16.8. The molecule has 25 heavy (non-hydrogen) atoms. The Hall–Kier alpha value is -3.09. The molecular weight excluding hydrogens is 324 g/mol. The maximum atomic E-state index is 12.5. The molecule has 0 saturated heterocycles. The Bertz CT molecular complexity index is 791. The number of rotatable bonds is 4. The van der Waals surface area contributed by atoms with Gasteiger partial charge in [-0.05, 0) is 37.3 Å². The lowest BCUT2D eigenvalue weighted by atomic mass is 10.1. The van der Waals surface area contributed by atoms with Crippen molar-refractivity contribution in [3.05, 3.63) is 47.7 Å². The van der Waals surface area contributed by atoms with Gasteiger partial charge in [-0.2, -0.15) is 0 Å². The standard InChI is InChI=1S/C18H18N2O5/c1-2-23-18(22)13-5-3-8-19-16(13)20-17(21)12-6-7-14-15(11-12)25-10-4-9-24-14/h3,5-8,11H,2,4,9-10H2,1H3,(H,19,20,21). The van der Waals surface area contributed by atoms with Gasteiger partial charge < -0.3 is 19.5 Å². The molecule has 2 heterocycles. The Labute approximate surface area is 144 Å². The van der Waals surface area contributed by atoms with Gasteiger partial charge in [-0.15, -0.1) is 0 Å². The third-order valence-electron chi connectivity index (χ3n) is 3.54. The van der Waals surface area contributed by atoms with Crippen LogP contribution < -0.4 is 14.8 Å². The van der Waals surface area contributed by atoms with Crippen LogP contribution >= 0.6 is 0 Å². The molecular formula is C18H18N2O5. The lowest BCUT2D eigenvalue weighted by Gasteiger charge is -2.11. The quantitative estimate of drug-likeness (QED) is 0.860. The zero-order valence-corrected chi connectivity index (χ0v) is 13.8. The predicted octanol–water partition coefficient (Wildman–Crippen LogP) is 2.67. The van der Waals surface area contributed by atoms with Crippen molar-refractivity contribution < 1.29 is 23.8 Å². The molecule has 1 amide bonds. The molecule has 1 aromatic carbocycles. The zero-order valence-electron chi connectivity index (χ0n) is 13.8. The van der Waals surface area contributed by atoms with Gasteiger partial charge in [0.2, 0.25) is 0 Å². The fourth-order valence-electron chi connectivity index (χ4n) is 2.36. The highest BCUT2D eigenvalue weighted by molar-refractivity contribution is 6.07. The third-order valence-corrected chi connectivity index (χ3v) is 3.54. The van der Waals surface area contributed by atoms with E-state index in [9.17, 15) is 9.59 Å². The number of fused-ring (bicyclic) bond motifs is 1. The van der Waals surface area contributed by atoms with E-state index in [0.29, 0.717) is 30.3 Å². The molecule has 0 bridgehead atoms. The molecule has 0 unspecified atom stereocenters. The third kappa shape index (κ3) is 3.88. The molecule has 0 radical (unpaired) electrons. The number of hydrogen-bond donors (Lipinski definition) is 1. The van der Waals surface area contributed by atoms with Crippen LogP contribution in [0.1, 0.15) is 34.1 Å². The van der Waals surface area contributed by atoms with E-state index in [-0.39, 0.29) is 18.0 Å². The fraction of sp³-hybridized carbons (Fsp3) is 0.278. The number of aromatic nitrogens is 1. The lowest BCUT2D eigenvalue weighted by molar-refractivity contribution is 0.0527. The minimum atomic E-state index is -0.537. The maximum Gasteiger partial charge on any atom is 0.341 e. The van der Waals surface area contributed by atoms with Gasteiger partial charge >= 0.3 is 5.97 Å². The Balaban J connectivity index is 1.81. The molecule has 0 spiro atoms. The van der Waals surface area contributed by atoms with Gasteiger partial charge in [0.25, 0.3) is 5.91 Å². The van der Waals surface area contributed by atoms with Gasteiger partial charge in [-0.25, -0.2) is 9.78 Å². The molecule has 1 N–H and O–H groups in total. The van der Waals surface area contributed by atoms with E-state index in [0.717, 1.165) is 6.42 Å². The summed E-state index contributed by atoms with van der Waals surface area (Å²) in [6, 6.07) is 8.10. The lowest BCUT2D eigenvalue weighted by Crippen LogP contribution is -2.17. The van der Waals surface area contributed by atoms with Crippen molar-refractivity contribution in [2.45, 2.75) is 13.3 Å². The topological polar surface area (TPSA) is 86.8 Å². The van der Waals surface area contributed by atoms with Crippen molar-refractivity contribution in [3.8, 4) is 11.5 Å². The first-order chi connectivity index (χ1) is 12.2. The number of esters is 1. The maximum absolute atomic E-state index is 12.5. The van der Waals surface area contributed by atoms with Crippen LogP contribution in [-0.2, 0) is 4.74 Å². The van der Waals surface area contributed by atoms with Crippen molar-refractivity contribution in [2.24, 2.45) is 0 Å². The van der Waals surface area contributed by atoms with Crippen LogP contribution in [0.3, 0.4) is 0 Å². The molecule has 7 heteroatoms. The monoisotopic (exact) mass is 342 g/mol. The fourth-order valence-corrected chi connectivity index (χ4v) is 2.36. The zero-order chi connectivity index (χ0) is 17.6. The van der Waals surface area contributed by atoms with Crippen molar-refractivity contribution in [1.29, 1.82) is 0 Å². The van der Waals surface area contributed by atoms with Crippen LogP contribution in [0, 0.1) is 0 Å². The molecule has 2 aromatic rings. The van der Waals surface area contributed by atoms with E-state index >= 15 is 0 Å². The summed E-state index contributed by atoms with van der Waals surface area (Å²) < 4.78 is 16.1. The van der Waals surface area contributed by atoms with Crippen molar-refractivity contribution in [2.75, 3.05) is 25.1 Å². The van der Waals surface area contributed by atoms with Gasteiger partial charge in [0.05, 0.1) is 19.8 Å². The molecule has 7 nitrogen and oxygen atoms in total. The first-order valence-corrected chi connectivity index (χ1v) is 8.02. The van der Waals surface area contributed by atoms with Crippen molar-refractivity contribution in [3.63, 3.8) is 0 Å². The number of amides is 1. The predicted molar refractivity (Wildman–Crippen MR) is 90.2 cm³/mol. The van der Waals surface area contributed by atoms with E-state index < -0.39 is 11.9 Å². The van der Waals surface area contributed by atoms with E-state index in [1.807, 2.05) is 0 Å². The Morgan fingerprint density at radius 1 is 1.20 bits per heavy atom. The second-order valence-electron chi connectivity index (χ2n) is 5.29. The van der Waals surface area contributed by atoms with E-state index in [2.05, 4.69) is 10.3 Å². The molecule has 3 rings (SSSR count). The smallest absolute Gasteiger partial charge is 0.341 e. The molecule has 1 aliphatic rings. The normalized spacial score (nSPS) is 12.8. The number of nitrogens with one attached hydrogen (secondary N) is 1. The summed E-state index contributed by atoms with van der Waals surface area (Å²) in [7, 11) is 0. The summed E-state index contributed by atoms with van der Waals surface area (Å²) in [5.74, 6) is 0.346. The first-order valence-electron chi connectivity index (χ1n) is 8.02. The van der Waals surface area contributed by atoms with Crippen molar-refractivity contribution in [1.82, 2.24) is 4.98 Å². The van der Waals surface area contributed by atoms with Gasteiger partial charge in [0, 0.05) is 18.2 Å². The summed E-state index contributed by atoms with van der Waals surface area (Å²) in [6.07, 6.45) is 2.28. The van der Waals surface area contributed by atoms with Gasteiger partial charge in [-0.1, -0.05) is 0 Å². The summed E-state index contributed by atoms with van der Waals surface area (Å²) in [5, 5.41) is 2.64. The average molecular weight is 342 g/mol. The summed E-state index contributed by atoms with van der Waals surface area (Å²) >= 11 is 0. The highest BCUT2D eigenvalue weighted by Gasteiger charge is 2.18. The minimum Gasteiger partial charge on any atom is -0.490 e. The van der Waals surface area contributed by atoms with Gasteiger partial charge in [0.1, 0.15) is 11.4 Å². The van der Waals surface area contributed by atoms with Crippen LogP contribution in [0.5, 0.6) is 11.5 Å². The average Bonchev–Trinajstić information content (AvgIpc) is 2.87. The Morgan fingerprint density at radius 2 is 2.00 bits per heavy atom. The minimum absolute atomic E-state index is 0.151. The van der Waals surface area contributed by atoms with Crippen LogP contribution in [0.25, 0.3) is 0 Å². The second kappa shape index (κ2) is 7.65. The summed E-state index contributed by atoms with van der Waals surface area (Å²) in [6.45, 7) is 3.06. The number of pyridine rings is 1. The number of hydrogen-bond acceptors (Lipinski definition) is 6. The van der Waals surface area contributed by atoms with Crippen LogP contribution in [0.15, 0.2) is 36.5 Å². The number of anilines is 1. The number of nitrogens with zero attached hydrogens (tertiary/aromatic N) is 1. The molecule has 0 atom stereocenters. The van der Waals surface area contributed by atoms with Crippen molar-refractivity contribution >= 4 is 17.7 Å². The molecule has 0 fully saturated rings. The summed E-state index contributed by atoms with van der Waals surface area (Å²) in [4.78, 5) is 28.5. The second-order valence-corrected chi connectivity index (χ2v) is 5.29. The SMILES string of the molecule is CCOC(=O)c1cccnc1NC(=O)c1ccc2c(c1)OCCCO2. The Morgan fingerprint density at radius 3 is 2.80 bits per heavy atom. The van der Waals surface area contributed by atoms with E-state index in [1.54, 1.807) is 37.3 Å². The van der Waals surface area contributed by atoms with Crippen LogP contribution in [0.2, 0.25) is 0 Å². The number of benzene rings is 1. The molecule has 0 aliphatic carbocycles. The number of carbonyl (C=O) groups is 2.